The number of amides is 2. The Morgan fingerprint density at radius 1 is 0.941 bits per heavy atom. The molecule has 4 unspecified atom stereocenters. The Balaban J connectivity index is 3.07. The molecule has 4 atom stereocenters. The molecular weight excluding hydrogens is 518 g/mol. The first kappa shape index (κ1) is 29.6. The number of aliphatic carboxylic acids is 1. The highest BCUT2D eigenvalue weighted by atomic mass is 32.2. The number of rotatable bonds is 13. The number of phenols is 1. The highest BCUT2D eigenvalue weighted by molar-refractivity contribution is 7.86. The van der Waals surface area contributed by atoms with E-state index in [1.807, 2.05) is 5.32 Å². The maximum atomic E-state index is 12.7. The quantitative estimate of drug-likeness (QED) is 0.0973. The molecule has 8 N–H and O–H groups in total. The summed E-state index contributed by atoms with van der Waals surface area (Å²) >= 11 is 4.01. The summed E-state index contributed by atoms with van der Waals surface area (Å²) < 4.78 is 61.6. The molecule has 1 rings (SSSR count). The van der Waals surface area contributed by atoms with Crippen molar-refractivity contribution in [3.63, 3.8) is 0 Å². The van der Waals surface area contributed by atoms with Gasteiger partial charge >= 0.3 is 5.97 Å². The third-order valence-electron chi connectivity index (χ3n) is 4.38. The molecule has 2 amide bonds. The Morgan fingerprint density at radius 2 is 1.47 bits per heavy atom. The Morgan fingerprint density at radius 3 is 1.94 bits per heavy atom. The van der Waals surface area contributed by atoms with Gasteiger partial charge in [-0.05, 0) is 24.1 Å². The lowest BCUT2D eigenvalue weighted by Crippen LogP contribution is -2.56. The molecule has 1 aromatic carbocycles. The van der Waals surface area contributed by atoms with Gasteiger partial charge in [0.25, 0.3) is 20.2 Å². The maximum absolute atomic E-state index is 12.7. The van der Waals surface area contributed by atoms with Crippen LogP contribution in [0, 0.1) is 0 Å². The summed E-state index contributed by atoms with van der Waals surface area (Å²) in [5.74, 6) is -5.99. The van der Waals surface area contributed by atoms with Gasteiger partial charge in [-0.15, -0.1) is 0 Å². The van der Waals surface area contributed by atoms with E-state index >= 15 is 0 Å². The zero-order valence-corrected chi connectivity index (χ0v) is 20.0. The van der Waals surface area contributed by atoms with Crippen LogP contribution in [0.4, 0.5) is 0 Å². The van der Waals surface area contributed by atoms with Gasteiger partial charge in [-0.2, -0.15) is 29.5 Å². The molecule has 0 saturated heterocycles. The van der Waals surface area contributed by atoms with Gasteiger partial charge < -0.3 is 26.6 Å². The number of thiol groups is 1. The molecule has 0 fully saturated rings. The predicted octanol–water partition coefficient (Wildman–Crippen LogP) is -2.22. The fraction of sp³-hybridized carbons (Fsp3) is 0.471. The second kappa shape index (κ2) is 12.3. The molecule has 0 saturated carbocycles. The average Bonchev–Trinajstić information content (AvgIpc) is 2.70. The second-order valence-corrected chi connectivity index (χ2v) is 10.9. The Hall–Kier alpha value is -2.44. The highest BCUT2D eigenvalue weighted by Gasteiger charge is 2.32. The zero-order chi connectivity index (χ0) is 26.3. The second-order valence-electron chi connectivity index (χ2n) is 7.26. The van der Waals surface area contributed by atoms with Crippen LogP contribution in [0.1, 0.15) is 12.0 Å². The van der Waals surface area contributed by atoms with Crippen molar-refractivity contribution in [2.75, 3.05) is 11.5 Å². The first-order valence-corrected chi connectivity index (χ1v) is 13.2. The topological polar surface area (TPSA) is 250 Å². The molecule has 0 heterocycles. The monoisotopic (exact) mass is 543 g/mol. The van der Waals surface area contributed by atoms with Crippen molar-refractivity contribution in [2.24, 2.45) is 5.73 Å². The molecule has 0 radical (unpaired) electrons. The molecule has 0 aliphatic rings. The van der Waals surface area contributed by atoms with E-state index < -0.39 is 72.9 Å². The summed E-state index contributed by atoms with van der Waals surface area (Å²) in [6.45, 7) is 0. The van der Waals surface area contributed by atoms with Crippen LogP contribution in [-0.4, -0.2) is 88.8 Å². The van der Waals surface area contributed by atoms with Gasteiger partial charge in [0, 0.05) is 12.5 Å². The van der Waals surface area contributed by atoms with E-state index in [1.165, 1.54) is 24.3 Å². The van der Waals surface area contributed by atoms with Crippen LogP contribution in [-0.2, 0) is 41.0 Å². The predicted molar refractivity (Wildman–Crippen MR) is 122 cm³/mol. The van der Waals surface area contributed by atoms with Crippen LogP contribution in [0.5, 0.6) is 5.75 Å². The lowest BCUT2D eigenvalue weighted by atomic mass is 10.0. The minimum Gasteiger partial charge on any atom is -0.508 e. The van der Waals surface area contributed by atoms with Crippen molar-refractivity contribution in [3.05, 3.63) is 29.8 Å². The SMILES string of the molecule is NC(CCS(=O)(=O)O)C(S)C(=O)NC(Cc1ccc(O)cc1)C(=O)NC(CS(=O)(=O)O)C(=O)O. The molecule has 0 bridgehead atoms. The largest absolute Gasteiger partial charge is 0.508 e. The number of benzene rings is 1. The summed E-state index contributed by atoms with van der Waals surface area (Å²) in [6.07, 6.45) is -0.582. The number of hydrogen-bond acceptors (Lipinski definition) is 10. The van der Waals surface area contributed by atoms with Gasteiger partial charge in [-0.1, -0.05) is 12.1 Å². The Labute approximate surface area is 200 Å². The number of phenolic OH excluding ortho intramolecular Hbond substituents is 1. The molecule has 34 heavy (non-hydrogen) atoms. The van der Waals surface area contributed by atoms with E-state index in [0.717, 1.165) is 0 Å². The van der Waals surface area contributed by atoms with Gasteiger partial charge in [0.2, 0.25) is 11.8 Å². The lowest BCUT2D eigenvalue weighted by molar-refractivity contribution is -0.141. The van der Waals surface area contributed by atoms with Gasteiger partial charge in [0.15, 0.2) is 0 Å². The van der Waals surface area contributed by atoms with Gasteiger partial charge in [-0.3, -0.25) is 18.7 Å². The minimum absolute atomic E-state index is 0.0897. The molecule has 0 aromatic heterocycles. The van der Waals surface area contributed by atoms with Gasteiger partial charge in [0.05, 0.1) is 11.0 Å². The summed E-state index contributed by atoms with van der Waals surface area (Å²) in [6, 6.07) is 0.715. The van der Waals surface area contributed by atoms with Crippen molar-refractivity contribution in [1.82, 2.24) is 10.6 Å². The first-order valence-electron chi connectivity index (χ1n) is 9.44. The summed E-state index contributed by atoms with van der Waals surface area (Å²) in [5.41, 5.74) is 6.13. The average molecular weight is 544 g/mol. The zero-order valence-electron chi connectivity index (χ0n) is 17.4. The third kappa shape index (κ3) is 11.1. The van der Waals surface area contributed by atoms with E-state index in [2.05, 4.69) is 17.9 Å². The molecule has 14 nitrogen and oxygen atoms in total. The molecule has 192 valence electrons. The van der Waals surface area contributed by atoms with Crippen LogP contribution >= 0.6 is 12.6 Å². The van der Waals surface area contributed by atoms with E-state index in [-0.39, 0.29) is 18.6 Å². The normalized spacial score (nSPS) is 15.5. The van der Waals surface area contributed by atoms with Crippen LogP contribution in [0.2, 0.25) is 0 Å². The van der Waals surface area contributed by atoms with E-state index in [0.29, 0.717) is 5.56 Å². The Kier molecular flexibility index (Phi) is 10.7. The third-order valence-corrected chi connectivity index (χ3v) is 6.51. The van der Waals surface area contributed by atoms with Crippen LogP contribution in [0.25, 0.3) is 0 Å². The number of nitrogens with two attached hydrogens (primary N) is 1. The molecule has 0 aliphatic carbocycles. The number of carboxylic acids is 1. The lowest BCUT2D eigenvalue weighted by Gasteiger charge is -2.24. The Bertz CT molecular complexity index is 1090. The molecule has 1 aromatic rings. The molecular formula is C17H25N3O11S3. The number of carbonyl (C=O) groups excluding carboxylic acids is 2. The van der Waals surface area contributed by atoms with E-state index in [9.17, 15) is 36.3 Å². The van der Waals surface area contributed by atoms with Crippen molar-refractivity contribution in [3.8, 4) is 5.75 Å². The standard InChI is InChI=1S/C17H25N3O11S3/c18-11(5-6-33(26,27)28)14(32)16(23)19-12(7-9-1-3-10(21)4-2-9)15(22)20-13(17(24)25)8-34(29,30)31/h1-4,11-14,21,32H,5-8,18H2,(H,19,23)(H,20,22)(H,24,25)(H,26,27,28)(H,29,30,31). The van der Waals surface area contributed by atoms with Gasteiger partial charge in [-0.25, -0.2) is 4.79 Å². The van der Waals surface area contributed by atoms with E-state index in [1.54, 1.807) is 0 Å². The highest BCUT2D eigenvalue weighted by Crippen LogP contribution is 2.13. The molecule has 0 spiro atoms. The minimum atomic E-state index is -4.78. The fourth-order valence-electron chi connectivity index (χ4n) is 2.63. The summed E-state index contributed by atoms with van der Waals surface area (Å²) in [4.78, 5) is 36.6. The number of carbonyl (C=O) groups is 3. The van der Waals surface area contributed by atoms with Crippen molar-refractivity contribution < 1.29 is 50.5 Å². The van der Waals surface area contributed by atoms with Crippen molar-refractivity contribution >= 4 is 50.6 Å². The van der Waals surface area contributed by atoms with Crippen molar-refractivity contribution in [1.29, 1.82) is 0 Å². The summed E-state index contributed by atoms with van der Waals surface area (Å²) in [7, 11) is -9.13. The first-order chi connectivity index (χ1) is 15.5. The maximum Gasteiger partial charge on any atom is 0.327 e. The van der Waals surface area contributed by atoms with E-state index in [4.69, 9.17) is 19.9 Å². The number of aromatic hydroxyl groups is 1. The molecule has 17 heteroatoms. The summed E-state index contributed by atoms with van der Waals surface area (Å²) in [5, 5.41) is 21.4. The van der Waals surface area contributed by atoms with Crippen LogP contribution < -0.4 is 16.4 Å². The molecule has 0 aliphatic heterocycles. The van der Waals surface area contributed by atoms with Crippen LogP contribution in [0.3, 0.4) is 0 Å². The number of carboxylic acid groups (broad SMARTS) is 1. The number of hydrogen-bond donors (Lipinski definition) is 8. The fourth-order valence-corrected chi connectivity index (χ4v) is 4.07. The smallest absolute Gasteiger partial charge is 0.327 e. The number of nitrogens with one attached hydrogen (secondary N) is 2. The van der Waals surface area contributed by atoms with Crippen molar-refractivity contribution in [2.45, 2.75) is 36.2 Å². The van der Waals surface area contributed by atoms with Crippen LogP contribution in [0.15, 0.2) is 24.3 Å². The van der Waals surface area contributed by atoms with Gasteiger partial charge in [0.1, 0.15) is 23.6 Å².